The molecular weight excluding hydrogens is 404 g/mol. The minimum Gasteiger partial charge on any atom is -0.497 e. The molecule has 2 aromatic rings. The number of hydrogen-bond donors (Lipinski definition) is 2. The Morgan fingerprint density at radius 2 is 1.42 bits per heavy atom. The molecule has 0 bridgehead atoms. The van der Waals surface area contributed by atoms with Crippen LogP contribution in [0.2, 0.25) is 0 Å². The summed E-state index contributed by atoms with van der Waals surface area (Å²) in [5, 5.41) is 14.8. The number of amides is 2. The standard InChI is InChI=1S/C20H22N2O3.C2H2O4/c1-25-18-9-5-8-17(15-18)20(24)22-12-10-21(11-13-22)19(23)14-16-6-3-2-4-7-16;3-1(4)2(5)6/h2-9,15H,10-14H2,1H3;(H,3,4)(H,5,6). The SMILES string of the molecule is COc1cccc(C(=O)N2CCN(C(=O)Cc3ccccc3)CC2)c1.O=C(O)C(=O)O. The number of carboxylic acids is 2. The lowest BCUT2D eigenvalue weighted by molar-refractivity contribution is -0.159. The number of carbonyl (C=O) groups is 4. The van der Waals surface area contributed by atoms with Crippen LogP contribution >= 0.6 is 0 Å². The number of carboxylic acid groups (broad SMARTS) is 2. The van der Waals surface area contributed by atoms with Crippen molar-refractivity contribution in [3.63, 3.8) is 0 Å². The van der Waals surface area contributed by atoms with Gasteiger partial charge in [0.2, 0.25) is 5.91 Å². The molecule has 1 heterocycles. The highest BCUT2D eigenvalue weighted by atomic mass is 16.5. The van der Waals surface area contributed by atoms with Crippen LogP contribution in [0.15, 0.2) is 54.6 Å². The molecule has 9 heteroatoms. The highest BCUT2D eigenvalue weighted by molar-refractivity contribution is 6.27. The van der Waals surface area contributed by atoms with Crippen molar-refractivity contribution in [1.29, 1.82) is 0 Å². The lowest BCUT2D eigenvalue weighted by atomic mass is 10.1. The van der Waals surface area contributed by atoms with Crippen LogP contribution in [0.5, 0.6) is 5.75 Å². The van der Waals surface area contributed by atoms with Gasteiger partial charge in [-0.2, -0.15) is 0 Å². The second kappa shape index (κ2) is 11.3. The molecule has 0 spiro atoms. The average Bonchev–Trinajstić information content (AvgIpc) is 2.79. The first-order valence-electron chi connectivity index (χ1n) is 9.53. The normalized spacial score (nSPS) is 12.9. The minimum atomic E-state index is -1.82. The molecule has 9 nitrogen and oxygen atoms in total. The first-order chi connectivity index (χ1) is 14.8. The molecule has 0 radical (unpaired) electrons. The molecular formula is C22H24N2O7. The van der Waals surface area contributed by atoms with Crippen LogP contribution in [0.3, 0.4) is 0 Å². The quantitative estimate of drug-likeness (QED) is 0.705. The molecule has 2 aromatic carbocycles. The maximum Gasteiger partial charge on any atom is 0.414 e. The Balaban J connectivity index is 0.000000501. The Morgan fingerprint density at radius 1 is 0.839 bits per heavy atom. The highest BCUT2D eigenvalue weighted by Crippen LogP contribution is 2.16. The van der Waals surface area contributed by atoms with Crippen LogP contribution in [0.4, 0.5) is 0 Å². The van der Waals surface area contributed by atoms with Gasteiger partial charge in [0, 0.05) is 31.7 Å². The fourth-order valence-electron chi connectivity index (χ4n) is 2.98. The van der Waals surface area contributed by atoms with E-state index in [0.717, 1.165) is 5.56 Å². The molecule has 0 aromatic heterocycles. The summed E-state index contributed by atoms with van der Waals surface area (Å²) in [6.07, 6.45) is 0.407. The van der Waals surface area contributed by atoms with E-state index in [0.29, 0.717) is 43.9 Å². The van der Waals surface area contributed by atoms with Gasteiger partial charge in [-0.1, -0.05) is 36.4 Å². The highest BCUT2D eigenvalue weighted by Gasteiger charge is 2.25. The molecule has 1 aliphatic heterocycles. The molecule has 164 valence electrons. The Labute approximate surface area is 179 Å². The molecule has 0 unspecified atom stereocenters. The Morgan fingerprint density at radius 3 is 1.97 bits per heavy atom. The average molecular weight is 428 g/mol. The predicted octanol–water partition coefficient (Wildman–Crippen LogP) is 1.38. The van der Waals surface area contributed by atoms with Crippen molar-refractivity contribution in [2.75, 3.05) is 33.3 Å². The molecule has 0 aliphatic carbocycles. The van der Waals surface area contributed by atoms with Gasteiger partial charge in [0.05, 0.1) is 13.5 Å². The molecule has 3 rings (SSSR count). The van der Waals surface area contributed by atoms with E-state index in [-0.39, 0.29) is 11.8 Å². The summed E-state index contributed by atoms with van der Waals surface area (Å²) in [5.74, 6) is -2.89. The smallest absolute Gasteiger partial charge is 0.414 e. The van der Waals surface area contributed by atoms with Gasteiger partial charge in [0.25, 0.3) is 5.91 Å². The van der Waals surface area contributed by atoms with Crippen molar-refractivity contribution in [2.45, 2.75) is 6.42 Å². The van der Waals surface area contributed by atoms with E-state index in [1.54, 1.807) is 24.1 Å². The zero-order valence-corrected chi connectivity index (χ0v) is 17.1. The molecule has 1 aliphatic rings. The van der Waals surface area contributed by atoms with Gasteiger partial charge in [-0.3, -0.25) is 9.59 Å². The van der Waals surface area contributed by atoms with E-state index < -0.39 is 11.9 Å². The number of piperazine rings is 1. The van der Waals surface area contributed by atoms with Gasteiger partial charge in [-0.05, 0) is 23.8 Å². The summed E-state index contributed by atoms with van der Waals surface area (Å²) >= 11 is 0. The van der Waals surface area contributed by atoms with Gasteiger partial charge in [0.1, 0.15) is 5.75 Å². The largest absolute Gasteiger partial charge is 0.497 e. The monoisotopic (exact) mass is 428 g/mol. The third-order valence-electron chi connectivity index (χ3n) is 4.62. The Bertz CT molecular complexity index is 910. The molecule has 2 N–H and O–H groups in total. The second-order valence-corrected chi connectivity index (χ2v) is 6.68. The number of benzene rings is 2. The predicted molar refractivity (Wildman–Crippen MR) is 111 cm³/mol. The van der Waals surface area contributed by atoms with E-state index in [1.807, 2.05) is 47.4 Å². The topological polar surface area (TPSA) is 124 Å². The van der Waals surface area contributed by atoms with Crippen molar-refractivity contribution in [3.8, 4) is 5.75 Å². The Kier molecular flexibility index (Phi) is 8.56. The molecule has 0 atom stereocenters. The molecule has 31 heavy (non-hydrogen) atoms. The fourth-order valence-corrected chi connectivity index (χ4v) is 2.98. The molecule has 2 amide bonds. The number of methoxy groups -OCH3 is 1. The van der Waals surface area contributed by atoms with E-state index in [9.17, 15) is 9.59 Å². The molecule has 1 fully saturated rings. The van der Waals surface area contributed by atoms with Crippen LogP contribution in [-0.2, 0) is 20.8 Å². The first-order valence-corrected chi connectivity index (χ1v) is 9.53. The van der Waals surface area contributed by atoms with Gasteiger partial charge < -0.3 is 24.7 Å². The van der Waals surface area contributed by atoms with Gasteiger partial charge >= 0.3 is 11.9 Å². The van der Waals surface area contributed by atoms with Crippen molar-refractivity contribution in [1.82, 2.24) is 9.80 Å². The van der Waals surface area contributed by atoms with Crippen LogP contribution in [0, 0.1) is 0 Å². The lowest BCUT2D eigenvalue weighted by Crippen LogP contribution is -2.51. The second-order valence-electron chi connectivity index (χ2n) is 6.68. The summed E-state index contributed by atoms with van der Waals surface area (Å²) < 4.78 is 5.17. The van der Waals surface area contributed by atoms with Gasteiger partial charge in [-0.25, -0.2) is 9.59 Å². The summed E-state index contributed by atoms with van der Waals surface area (Å²) in [6.45, 7) is 2.25. The molecule has 0 saturated carbocycles. The number of hydrogen-bond acceptors (Lipinski definition) is 5. The maximum atomic E-state index is 12.6. The lowest BCUT2D eigenvalue weighted by Gasteiger charge is -2.35. The minimum absolute atomic E-state index is 0.0194. The summed E-state index contributed by atoms with van der Waals surface area (Å²) in [6, 6.07) is 16.9. The number of aliphatic carboxylic acids is 2. The third-order valence-corrected chi connectivity index (χ3v) is 4.62. The zero-order valence-electron chi connectivity index (χ0n) is 17.1. The van der Waals surface area contributed by atoms with Crippen LogP contribution in [0.25, 0.3) is 0 Å². The maximum absolute atomic E-state index is 12.6. The van der Waals surface area contributed by atoms with E-state index >= 15 is 0 Å². The van der Waals surface area contributed by atoms with Crippen LogP contribution in [0.1, 0.15) is 15.9 Å². The number of carbonyl (C=O) groups excluding carboxylic acids is 2. The number of nitrogens with zero attached hydrogens (tertiary/aromatic N) is 2. The fraction of sp³-hybridized carbons (Fsp3) is 0.273. The Hall–Kier alpha value is -3.88. The van der Waals surface area contributed by atoms with E-state index in [2.05, 4.69) is 0 Å². The summed E-state index contributed by atoms with van der Waals surface area (Å²) in [7, 11) is 1.58. The third kappa shape index (κ3) is 7.14. The molecule has 1 saturated heterocycles. The van der Waals surface area contributed by atoms with Crippen molar-refractivity contribution >= 4 is 23.8 Å². The van der Waals surface area contributed by atoms with Gasteiger partial charge in [0.15, 0.2) is 0 Å². The zero-order chi connectivity index (χ0) is 22.8. The van der Waals surface area contributed by atoms with Crippen LogP contribution < -0.4 is 4.74 Å². The van der Waals surface area contributed by atoms with Crippen molar-refractivity contribution < 1.29 is 34.1 Å². The van der Waals surface area contributed by atoms with Gasteiger partial charge in [-0.15, -0.1) is 0 Å². The summed E-state index contributed by atoms with van der Waals surface area (Å²) in [4.78, 5) is 46.8. The van der Waals surface area contributed by atoms with Crippen molar-refractivity contribution in [2.24, 2.45) is 0 Å². The van der Waals surface area contributed by atoms with E-state index in [1.165, 1.54) is 0 Å². The van der Waals surface area contributed by atoms with Crippen LogP contribution in [-0.4, -0.2) is 77.1 Å². The summed E-state index contributed by atoms with van der Waals surface area (Å²) in [5.41, 5.74) is 1.63. The van der Waals surface area contributed by atoms with E-state index in [4.69, 9.17) is 24.5 Å². The van der Waals surface area contributed by atoms with Crippen molar-refractivity contribution in [3.05, 3.63) is 65.7 Å². The first kappa shape index (κ1) is 23.4. The number of ether oxygens (including phenoxy) is 1. The number of rotatable bonds is 4.